The molecule has 0 aliphatic heterocycles. The van der Waals surface area contributed by atoms with Crippen molar-refractivity contribution in [3.63, 3.8) is 0 Å². The molecule has 1 aliphatic carbocycles. The zero-order valence-electron chi connectivity index (χ0n) is 15.0. The fourth-order valence-corrected chi connectivity index (χ4v) is 3.95. The van der Waals surface area contributed by atoms with E-state index in [1.807, 2.05) is 30.3 Å². The van der Waals surface area contributed by atoms with E-state index in [1.165, 1.54) is 31.2 Å². The molecule has 3 nitrogen and oxygen atoms in total. The number of aliphatic hydroxyl groups excluding tert-OH is 1. The van der Waals surface area contributed by atoms with Crippen LogP contribution in [-0.2, 0) is 0 Å². The van der Waals surface area contributed by atoms with Crippen LogP contribution in [0.15, 0.2) is 54.6 Å². The topological polar surface area (TPSA) is 43.7 Å². The van der Waals surface area contributed by atoms with E-state index in [2.05, 4.69) is 24.1 Å². The summed E-state index contributed by atoms with van der Waals surface area (Å²) in [6.07, 6.45) is 5.19. The van der Waals surface area contributed by atoms with Crippen molar-refractivity contribution in [1.29, 1.82) is 0 Å². The van der Waals surface area contributed by atoms with Gasteiger partial charge in [0.2, 0.25) is 0 Å². The summed E-state index contributed by atoms with van der Waals surface area (Å²) in [5.74, 6) is 0.953. The molecule has 0 heterocycles. The quantitative estimate of drug-likeness (QED) is 0.816. The van der Waals surface area contributed by atoms with Gasteiger partial charge in [0.1, 0.15) is 5.75 Å². The van der Waals surface area contributed by atoms with Gasteiger partial charge in [-0.3, -0.25) is 0 Å². The maximum atomic E-state index is 10.3. The smallest absolute Gasteiger partial charge is 0.115 e. The molecule has 3 heteroatoms. The first kappa shape index (κ1) is 18.0. The summed E-state index contributed by atoms with van der Waals surface area (Å²) in [4.78, 5) is 2.42. The minimum atomic E-state index is -0.378. The molecule has 2 aromatic rings. The summed E-state index contributed by atoms with van der Waals surface area (Å²) in [6, 6.07) is 18.2. The molecule has 25 heavy (non-hydrogen) atoms. The van der Waals surface area contributed by atoms with Gasteiger partial charge in [-0.1, -0.05) is 42.5 Å². The minimum absolute atomic E-state index is 0.342. The van der Waals surface area contributed by atoms with Gasteiger partial charge in [0.25, 0.3) is 0 Å². The normalized spacial score (nSPS) is 22.0. The standard InChI is InChI=1S/C22H29NO2/c1-23(16-15-22(25)19-5-3-2-4-6-19)20-11-7-17(8-12-20)18-9-13-21(24)14-10-18/h2-6,9-10,13-14,17,20,22,24-25H,7-8,11-12,15-16H2,1H3. The highest BCUT2D eigenvalue weighted by atomic mass is 16.3. The van der Waals surface area contributed by atoms with Gasteiger partial charge in [0.05, 0.1) is 6.10 Å². The Morgan fingerprint density at radius 1 is 0.960 bits per heavy atom. The molecule has 134 valence electrons. The zero-order chi connectivity index (χ0) is 17.6. The summed E-state index contributed by atoms with van der Waals surface area (Å²) >= 11 is 0. The van der Waals surface area contributed by atoms with Crippen molar-refractivity contribution < 1.29 is 10.2 Å². The molecule has 2 N–H and O–H groups in total. The number of nitrogens with zero attached hydrogens (tertiary/aromatic N) is 1. The van der Waals surface area contributed by atoms with Gasteiger partial charge >= 0.3 is 0 Å². The Morgan fingerprint density at radius 2 is 1.60 bits per heavy atom. The number of aliphatic hydroxyl groups is 1. The summed E-state index contributed by atoms with van der Waals surface area (Å²) in [7, 11) is 2.18. The first-order valence-corrected chi connectivity index (χ1v) is 9.35. The van der Waals surface area contributed by atoms with Crippen LogP contribution in [0.2, 0.25) is 0 Å². The van der Waals surface area contributed by atoms with Gasteiger partial charge in [0, 0.05) is 12.6 Å². The van der Waals surface area contributed by atoms with E-state index in [9.17, 15) is 10.2 Å². The predicted octanol–water partition coefficient (Wildman–Crippen LogP) is 4.47. The summed E-state index contributed by atoms with van der Waals surface area (Å²) in [5, 5.41) is 19.8. The predicted molar refractivity (Wildman–Crippen MR) is 102 cm³/mol. The van der Waals surface area contributed by atoms with Crippen molar-refractivity contribution in [3.8, 4) is 5.75 Å². The highest BCUT2D eigenvalue weighted by Gasteiger charge is 2.25. The molecule has 0 radical (unpaired) electrons. The Kier molecular flexibility index (Phi) is 6.11. The summed E-state index contributed by atoms with van der Waals surface area (Å²) < 4.78 is 0. The highest BCUT2D eigenvalue weighted by Crippen LogP contribution is 2.35. The third-order valence-electron chi connectivity index (χ3n) is 5.62. The van der Waals surface area contributed by atoms with Gasteiger partial charge < -0.3 is 15.1 Å². The molecule has 0 bridgehead atoms. The van der Waals surface area contributed by atoms with Crippen LogP contribution in [0, 0.1) is 0 Å². The van der Waals surface area contributed by atoms with Crippen LogP contribution in [0.1, 0.15) is 55.3 Å². The lowest BCUT2D eigenvalue weighted by atomic mass is 9.81. The van der Waals surface area contributed by atoms with Crippen molar-refractivity contribution in [2.75, 3.05) is 13.6 Å². The van der Waals surface area contributed by atoms with Crippen LogP contribution in [0.3, 0.4) is 0 Å². The maximum absolute atomic E-state index is 10.3. The molecule has 2 aromatic carbocycles. The van der Waals surface area contributed by atoms with Crippen LogP contribution in [-0.4, -0.2) is 34.7 Å². The number of hydrogen-bond donors (Lipinski definition) is 2. The van der Waals surface area contributed by atoms with E-state index in [4.69, 9.17) is 0 Å². The van der Waals surface area contributed by atoms with Crippen LogP contribution >= 0.6 is 0 Å². The third kappa shape index (κ3) is 4.83. The van der Waals surface area contributed by atoms with Gasteiger partial charge in [-0.05, 0) is 68.3 Å². The average molecular weight is 339 g/mol. The maximum Gasteiger partial charge on any atom is 0.115 e. The Bertz CT molecular complexity index is 633. The van der Waals surface area contributed by atoms with Crippen LogP contribution in [0.5, 0.6) is 5.75 Å². The van der Waals surface area contributed by atoms with Gasteiger partial charge in [-0.2, -0.15) is 0 Å². The largest absolute Gasteiger partial charge is 0.508 e. The first-order valence-electron chi connectivity index (χ1n) is 9.35. The fraction of sp³-hybridized carbons (Fsp3) is 0.455. The van der Waals surface area contributed by atoms with Gasteiger partial charge in [-0.15, -0.1) is 0 Å². The molecule has 1 aliphatic rings. The summed E-state index contributed by atoms with van der Waals surface area (Å²) in [5.41, 5.74) is 2.35. The lowest BCUT2D eigenvalue weighted by Gasteiger charge is -2.35. The molecule has 0 spiro atoms. The molecule has 0 amide bonds. The van der Waals surface area contributed by atoms with Gasteiger partial charge in [0.15, 0.2) is 0 Å². The Hall–Kier alpha value is -1.84. The Balaban J connectivity index is 1.45. The molecule has 1 unspecified atom stereocenters. The highest BCUT2D eigenvalue weighted by molar-refractivity contribution is 5.28. The van der Waals surface area contributed by atoms with E-state index in [0.717, 1.165) is 18.5 Å². The fourth-order valence-electron chi connectivity index (χ4n) is 3.95. The average Bonchev–Trinajstić information content (AvgIpc) is 2.67. The molecular weight excluding hydrogens is 310 g/mol. The molecule has 1 atom stereocenters. The molecule has 1 fully saturated rings. The van der Waals surface area contributed by atoms with E-state index >= 15 is 0 Å². The second-order valence-corrected chi connectivity index (χ2v) is 7.29. The van der Waals surface area contributed by atoms with Crippen molar-refractivity contribution >= 4 is 0 Å². The van der Waals surface area contributed by atoms with Crippen LogP contribution in [0.25, 0.3) is 0 Å². The second-order valence-electron chi connectivity index (χ2n) is 7.29. The number of phenolic OH excluding ortho intramolecular Hbond substituents is 1. The SMILES string of the molecule is CN(CCC(O)c1ccccc1)C1CCC(c2ccc(O)cc2)CC1. The van der Waals surface area contributed by atoms with Crippen molar-refractivity contribution in [3.05, 3.63) is 65.7 Å². The Morgan fingerprint density at radius 3 is 2.24 bits per heavy atom. The van der Waals surface area contributed by atoms with Crippen LogP contribution in [0.4, 0.5) is 0 Å². The van der Waals surface area contributed by atoms with Gasteiger partial charge in [-0.25, -0.2) is 0 Å². The second kappa shape index (κ2) is 8.50. The number of benzene rings is 2. The molecule has 0 aromatic heterocycles. The van der Waals surface area contributed by atoms with E-state index < -0.39 is 0 Å². The Labute approximate surface area is 150 Å². The molecule has 0 saturated heterocycles. The van der Waals surface area contributed by atoms with E-state index in [1.54, 1.807) is 12.1 Å². The lowest BCUT2D eigenvalue weighted by Crippen LogP contribution is -2.36. The van der Waals surface area contributed by atoms with Crippen molar-refractivity contribution in [2.24, 2.45) is 0 Å². The number of hydrogen-bond acceptors (Lipinski definition) is 3. The number of rotatable bonds is 6. The summed E-state index contributed by atoms with van der Waals surface area (Å²) in [6.45, 7) is 0.921. The zero-order valence-corrected chi connectivity index (χ0v) is 15.0. The first-order chi connectivity index (χ1) is 12.1. The number of phenols is 1. The molecular formula is C22H29NO2. The monoisotopic (exact) mass is 339 g/mol. The molecule has 3 rings (SSSR count). The van der Waals surface area contributed by atoms with Crippen molar-refractivity contribution in [2.45, 2.75) is 50.2 Å². The number of aromatic hydroxyl groups is 1. The van der Waals surface area contributed by atoms with E-state index in [0.29, 0.717) is 17.7 Å². The lowest BCUT2D eigenvalue weighted by molar-refractivity contribution is 0.122. The minimum Gasteiger partial charge on any atom is -0.508 e. The van der Waals surface area contributed by atoms with E-state index in [-0.39, 0.29) is 6.10 Å². The third-order valence-corrected chi connectivity index (χ3v) is 5.62. The molecule has 1 saturated carbocycles. The van der Waals surface area contributed by atoms with Crippen LogP contribution < -0.4 is 0 Å². The van der Waals surface area contributed by atoms with Crippen molar-refractivity contribution in [1.82, 2.24) is 4.90 Å².